The maximum Gasteiger partial charge on any atom is 0.248 e. The Morgan fingerprint density at radius 1 is 1.27 bits per heavy atom. The van der Waals surface area contributed by atoms with Crippen LogP contribution >= 0.6 is 0 Å². The van der Waals surface area contributed by atoms with Crippen LogP contribution in [0.3, 0.4) is 0 Å². The summed E-state index contributed by atoms with van der Waals surface area (Å²) in [6.07, 6.45) is -0.237. The average Bonchev–Trinajstić information content (AvgIpc) is 2.69. The molecule has 1 unspecified atom stereocenters. The number of benzene rings is 1. The fourth-order valence-corrected chi connectivity index (χ4v) is 4.48. The lowest BCUT2D eigenvalue weighted by molar-refractivity contribution is 0.201. The van der Waals surface area contributed by atoms with Gasteiger partial charge in [-0.15, -0.1) is 0 Å². The number of aromatic nitrogens is 1. The van der Waals surface area contributed by atoms with Gasteiger partial charge in [0.2, 0.25) is 10.0 Å². The van der Waals surface area contributed by atoms with Crippen molar-refractivity contribution in [2.45, 2.75) is 38.3 Å². The van der Waals surface area contributed by atoms with Crippen LogP contribution in [-0.2, 0) is 16.6 Å². The standard InChI is InChI=1S/C15H18N2O4S/c1-10-8-17(9-13-6-4-5-7-14(13)20-10)22(18,19)15-11(2)16-21-12(15)3/h4-7,10H,8-9H2,1-3H3. The molecule has 1 aromatic carbocycles. The van der Waals surface area contributed by atoms with E-state index in [0.717, 1.165) is 11.3 Å². The lowest BCUT2D eigenvalue weighted by atomic mass is 10.2. The van der Waals surface area contributed by atoms with Crippen LogP contribution in [0.5, 0.6) is 5.75 Å². The lowest BCUT2D eigenvalue weighted by Gasteiger charge is -2.21. The van der Waals surface area contributed by atoms with Crippen LogP contribution in [0.4, 0.5) is 0 Å². The molecule has 0 amide bonds. The SMILES string of the molecule is Cc1noc(C)c1S(=O)(=O)N1Cc2ccccc2OC(C)C1. The van der Waals surface area contributed by atoms with E-state index in [4.69, 9.17) is 9.26 Å². The van der Waals surface area contributed by atoms with Crippen molar-refractivity contribution < 1.29 is 17.7 Å². The molecule has 1 aliphatic heterocycles. The zero-order valence-corrected chi connectivity index (χ0v) is 13.6. The molecule has 0 saturated heterocycles. The number of nitrogens with zero attached hydrogens (tertiary/aromatic N) is 2. The first-order valence-electron chi connectivity index (χ1n) is 7.07. The molecule has 0 spiro atoms. The van der Waals surface area contributed by atoms with Crippen molar-refractivity contribution in [1.29, 1.82) is 0 Å². The summed E-state index contributed by atoms with van der Waals surface area (Å²) in [5.41, 5.74) is 1.23. The summed E-state index contributed by atoms with van der Waals surface area (Å²) in [4.78, 5) is 0.152. The van der Waals surface area contributed by atoms with E-state index >= 15 is 0 Å². The van der Waals surface area contributed by atoms with Gasteiger partial charge in [0.25, 0.3) is 0 Å². The third-order valence-corrected chi connectivity index (χ3v) is 5.73. The van der Waals surface area contributed by atoms with Crippen LogP contribution in [0.2, 0.25) is 0 Å². The molecule has 1 aliphatic rings. The molecule has 3 rings (SSSR count). The minimum Gasteiger partial charge on any atom is -0.489 e. The van der Waals surface area contributed by atoms with E-state index in [0.29, 0.717) is 11.5 Å². The van der Waals surface area contributed by atoms with Crippen molar-refractivity contribution in [3.63, 3.8) is 0 Å². The highest BCUT2D eigenvalue weighted by Crippen LogP contribution is 2.30. The molecule has 0 radical (unpaired) electrons. The summed E-state index contributed by atoms with van der Waals surface area (Å²) < 4.78 is 38.2. The van der Waals surface area contributed by atoms with E-state index in [2.05, 4.69) is 5.16 Å². The zero-order valence-electron chi connectivity index (χ0n) is 12.7. The minimum absolute atomic E-state index is 0.152. The molecule has 1 aromatic heterocycles. The Kier molecular flexibility index (Phi) is 3.70. The number of rotatable bonds is 2. The maximum absolute atomic E-state index is 13.0. The normalized spacial score (nSPS) is 19.3. The average molecular weight is 322 g/mol. The predicted molar refractivity (Wildman–Crippen MR) is 80.1 cm³/mol. The third-order valence-electron chi connectivity index (χ3n) is 3.67. The smallest absolute Gasteiger partial charge is 0.248 e. The Morgan fingerprint density at radius 2 is 2.00 bits per heavy atom. The quantitative estimate of drug-likeness (QED) is 0.848. The number of hydrogen-bond acceptors (Lipinski definition) is 5. The maximum atomic E-state index is 13.0. The van der Waals surface area contributed by atoms with E-state index in [1.807, 2.05) is 31.2 Å². The molecule has 7 heteroatoms. The number of ether oxygens (including phenoxy) is 1. The summed E-state index contributed by atoms with van der Waals surface area (Å²) in [6.45, 7) is 5.65. The summed E-state index contributed by atoms with van der Waals surface area (Å²) >= 11 is 0. The first-order chi connectivity index (χ1) is 10.4. The largest absolute Gasteiger partial charge is 0.489 e. The highest BCUT2D eigenvalue weighted by Gasteiger charge is 2.34. The van der Waals surface area contributed by atoms with Crippen molar-refractivity contribution in [1.82, 2.24) is 9.46 Å². The molecule has 0 N–H and O–H groups in total. The van der Waals surface area contributed by atoms with Gasteiger partial charge in [-0.2, -0.15) is 4.31 Å². The van der Waals surface area contributed by atoms with Gasteiger partial charge in [0.05, 0.1) is 6.54 Å². The second kappa shape index (κ2) is 5.40. The Hall–Kier alpha value is -1.86. The molecule has 0 aliphatic carbocycles. The lowest BCUT2D eigenvalue weighted by Crippen LogP contribution is -2.36. The van der Waals surface area contributed by atoms with E-state index in [1.54, 1.807) is 13.8 Å². The van der Waals surface area contributed by atoms with Crippen LogP contribution in [0, 0.1) is 13.8 Å². The van der Waals surface area contributed by atoms with Crippen LogP contribution in [-0.4, -0.2) is 30.5 Å². The van der Waals surface area contributed by atoms with Crippen LogP contribution in [0.15, 0.2) is 33.7 Å². The predicted octanol–water partition coefficient (Wildman–Crippen LogP) is 2.26. The fraction of sp³-hybridized carbons (Fsp3) is 0.400. The highest BCUT2D eigenvalue weighted by atomic mass is 32.2. The molecule has 0 fully saturated rings. The Morgan fingerprint density at radius 3 is 2.68 bits per heavy atom. The van der Waals surface area contributed by atoms with E-state index in [-0.39, 0.29) is 24.1 Å². The van der Waals surface area contributed by atoms with Gasteiger partial charge in [0, 0.05) is 12.1 Å². The molecule has 6 nitrogen and oxygen atoms in total. The van der Waals surface area contributed by atoms with Gasteiger partial charge in [-0.3, -0.25) is 0 Å². The van der Waals surface area contributed by atoms with Crippen molar-refractivity contribution in [2.75, 3.05) is 6.54 Å². The van der Waals surface area contributed by atoms with Crippen molar-refractivity contribution >= 4 is 10.0 Å². The second-order valence-electron chi connectivity index (χ2n) is 5.49. The van der Waals surface area contributed by atoms with Crippen molar-refractivity contribution in [3.05, 3.63) is 41.3 Å². The molecule has 2 heterocycles. The van der Waals surface area contributed by atoms with Crippen LogP contribution in [0.1, 0.15) is 23.9 Å². The van der Waals surface area contributed by atoms with Crippen LogP contribution in [0.25, 0.3) is 0 Å². The summed E-state index contributed by atoms with van der Waals surface area (Å²) in [5.74, 6) is 1.04. The van der Waals surface area contributed by atoms with Crippen molar-refractivity contribution in [2.24, 2.45) is 0 Å². The van der Waals surface area contributed by atoms with Gasteiger partial charge < -0.3 is 9.26 Å². The summed E-state index contributed by atoms with van der Waals surface area (Å²) in [7, 11) is -3.68. The molecular weight excluding hydrogens is 304 g/mol. The van der Waals surface area contributed by atoms with E-state index in [9.17, 15) is 8.42 Å². The monoisotopic (exact) mass is 322 g/mol. The highest BCUT2D eigenvalue weighted by molar-refractivity contribution is 7.89. The molecule has 118 valence electrons. The Balaban J connectivity index is 2.04. The molecule has 0 bridgehead atoms. The van der Waals surface area contributed by atoms with Crippen molar-refractivity contribution in [3.8, 4) is 5.75 Å². The molecule has 0 saturated carbocycles. The van der Waals surface area contributed by atoms with E-state index < -0.39 is 10.0 Å². The van der Waals surface area contributed by atoms with Gasteiger partial charge in [-0.05, 0) is 26.8 Å². The topological polar surface area (TPSA) is 72.6 Å². The molecule has 2 aromatic rings. The summed E-state index contributed by atoms with van der Waals surface area (Å²) in [6, 6.07) is 7.49. The minimum atomic E-state index is -3.68. The molecule has 22 heavy (non-hydrogen) atoms. The Labute approximate surface area is 129 Å². The fourth-order valence-electron chi connectivity index (χ4n) is 2.70. The summed E-state index contributed by atoms with van der Waals surface area (Å²) in [5, 5.41) is 3.75. The number of hydrogen-bond donors (Lipinski definition) is 0. The van der Waals surface area contributed by atoms with Gasteiger partial charge in [0.1, 0.15) is 22.4 Å². The zero-order chi connectivity index (χ0) is 15.9. The van der Waals surface area contributed by atoms with E-state index in [1.165, 1.54) is 4.31 Å². The second-order valence-corrected chi connectivity index (χ2v) is 7.36. The van der Waals surface area contributed by atoms with Gasteiger partial charge in [-0.1, -0.05) is 23.4 Å². The molecular formula is C15H18N2O4S. The number of para-hydroxylation sites is 1. The first kappa shape index (κ1) is 15.1. The van der Waals surface area contributed by atoms with Gasteiger partial charge >= 0.3 is 0 Å². The number of sulfonamides is 1. The Bertz CT molecular complexity index is 778. The van der Waals surface area contributed by atoms with Gasteiger partial charge in [-0.25, -0.2) is 8.42 Å². The van der Waals surface area contributed by atoms with Gasteiger partial charge in [0.15, 0.2) is 5.76 Å². The number of aryl methyl sites for hydroxylation is 2. The first-order valence-corrected chi connectivity index (χ1v) is 8.51. The number of fused-ring (bicyclic) bond motifs is 1. The third kappa shape index (κ3) is 2.50. The van der Waals surface area contributed by atoms with Crippen LogP contribution < -0.4 is 4.74 Å². The molecule has 1 atom stereocenters.